The van der Waals surface area contributed by atoms with Gasteiger partial charge in [0.1, 0.15) is 0 Å². The maximum atomic E-state index is 12.2. The van der Waals surface area contributed by atoms with Gasteiger partial charge in [0, 0.05) is 23.1 Å². The fourth-order valence-electron chi connectivity index (χ4n) is 1.91. The summed E-state index contributed by atoms with van der Waals surface area (Å²) < 4.78 is 18.6. The Bertz CT molecular complexity index is 502. The van der Waals surface area contributed by atoms with Crippen LogP contribution < -0.4 is 0 Å². The van der Waals surface area contributed by atoms with Gasteiger partial charge >= 0.3 is 5.97 Å². The fraction of sp³-hybridized carbons (Fsp3) is 0.692. The van der Waals surface area contributed by atoms with Crippen LogP contribution in [0, 0.1) is 5.92 Å². The van der Waals surface area contributed by atoms with E-state index in [0.717, 1.165) is 17.8 Å². The van der Waals surface area contributed by atoms with E-state index in [2.05, 4.69) is 9.84 Å². The van der Waals surface area contributed by atoms with Crippen molar-refractivity contribution in [2.24, 2.45) is 5.92 Å². The van der Waals surface area contributed by atoms with Gasteiger partial charge in [0.05, 0.1) is 35.2 Å². The van der Waals surface area contributed by atoms with Gasteiger partial charge in [0.2, 0.25) is 0 Å². The zero-order chi connectivity index (χ0) is 15.3. The van der Waals surface area contributed by atoms with Crippen molar-refractivity contribution in [3.8, 4) is 0 Å². The summed E-state index contributed by atoms with van der Waals surface area (Å²) in [6.45, 7) is 6.33. The predicted octanol–water partition coefficient (Wildman–Crippen LogP) is 2.18. The molecule has 2 atom stereocenters. The standard InChI is InChI=1S/C13H21ClN2O3S/c1-5-10-12(14)11(16(6-2)15-10)8-20(18)7-9(3)13(17)19-4/h9H,5-8H2,1-4H3. The molecular formula is C13H21ClN2O3S. The van der Waals surface area contributed by atoms with Crippen LogP contribution in [0.3, 0.4) is 0 Å². The van der Waals surface area contributed by atoms with Crippen molar-refractivity contribution in [2.45, 2.75) is 39.5 Å². The summed E-state index contributed by atoms with van der Waals surface area (Å²) >= 11 is 6.27. The average molecular weight is 321 g/mol. The van der Waals surface area contributed by atoms with E-state index in [9.17, 15) is 9.00 Å². The summed E-state index contributed by atoms with van der Waals surface area (Å²) in [4.78, 5) is 11.3. The number of methoxy groups -OCH3 is 1. The minimum atomic E-state index is -1.18. The lowest BCUT2D eigenvalue weighted by molar-refractivity contribution is -0.144. The first kappa shape index (κ1) is 17.2. The third-order valence-corrected chi connectivity index (χ3v) is 4.93. The second-order valence-electron chi connectivity index (χ2n) is 4.55. The number of halogens is 1. The van der Waals surface area contributed by atoms with Gasteiger partial charge in [-0.1, -0.05) is 25.4 Å². The summed E-state index contributed by atoms with van der Waals surface area (Å²) in [7, 11) is 0.151. The van der Waals surface area contributed by atoms with Crippen LogP contribution in [-0.4, -0.2) is 32.8 Å². The van der Waals surface area contributed by atoms with Crippen LogP contribution in [0.5, 0.6) is 0 Å². The first-order valence-corrected chi connectivity index (χ1v) is 8.47. The molecular weight excluding hydrogens is 300 g/mol. The molecule has 1 rings (SSSR count). The van der Waals surface area contributed by atoms with Gasteiger partial charge in [0.15, 0.2) is 0 Å². The molecule has 20 heavy (non-hydrogen) atoms. The molecule has 0 aliphatic heterocycles. The second kappa shape index (κ2) is 7.78. The van der Waals surface area contributed by atoms with E-state index in [-0.39, 0.29) is 17.6 Å². The van der Waals surface area contributed by atoms with Crippen molar-refractivity contribution in [2.75, 3.05) is 12.9 Å². The van der Waals surface area contributed by atoms with Crippen molar-refractivity contribution in [3.63, 3.8) is 0 Å². The van der Waals surface area contributed by atoms with Crippen LogP contribution in [0.15, 0.2) is 0 Å². The van der Waals surface area contributed by atoms with Crippen molar-refractivity contribution in [3.05, 3.63) is 16.4 Å². The molecule has 0 radical (unpaired) electrons. The molecule has 1 heterocycles. The van der Waals surface area contributed by atoms with E-state index in [1.165, 1.54) is 7.11 Å². The van der Waals surface area contributed by atoms with Gasteiger partial charge in [-0.3, -0.25) is 13.7 Å². The minimum Gasteiger partial charge on any atom is -0.469 e. The van der Waals surface area contributed by atoms with Crippen molar-refractivity contribution >= 4 is 28.4 Å². The molecule has 7 heteroatoms. The number of carbonyl (C=O) groups is 1. The van der Waals surface area contributed by atoms with Crippen LogP contribution >= 0.6 is 11.6 Å². The number of hydrogen-bond donors (Lipinski definition) is 0. The SMILES string of the molecule is CCc1nn(CC)c(CS(=O)CC(C)C(=O)OC)c1Cl. The topological polar surface area (TPSA) is 61.2 Å². The smallest absolute Gasteiger partial charge is 0.309 e. The number of esters is 1. The molecule has 0 aliphatic carbocycles. The lowest BCUT2D eigenvalue weighted by atomic mass is 10.2. The highest BCUT2D eigenvalue weighted by Crippen LogP contribution is 2.23. The summed E-state index contributed by atoms with van der Waals surface area (Å²) in [6.07, 6.45) is 0.740. The monoisotopic (exact) mass is 320 g/mol. The summed E-state index contributed by atoms with van der Waals surface area (Å²) in [5.74, 6) is -0.161. The molecule has 114 valence electrons. The van der Waals surface area contributed by atoms with E-state index in [1.807, 2.05) is 13.8 Å². The Morgan fingerprint density at radius 2 is 2.15 bits per heavy atom. The van der Waals surface area contributed by atoms with E-state index < -0.39 is 10.8 Å². The highest BCUT2D eigenvalue weighted by Gasteiger charge is 2.20. The molecule has 0 amide bonds. The summed E-state index contributed by atoms with van der Waals surface area (Å²) in [5.41, 5.74) is 1.60. The number of hydrogen-bond acceptors (Lipinski definition) is 4. The molecule has 5 nitrogen and oxygen atoms in total. The molecule has 0 spiro atoms. The molecule has 0 bridgehead atoms. The minimum absolute atomic E-state index is 0.263. The Balaban J connectivity index is 2.80. The Morgan fingerprint density at radius 3 is 2.65 bits per heavy atom. The summed E-state index contributed by atoms with van der Waals surface area (Å²) in [6, 6.07) is 0. The number of aromatic nitrogens is 2. The molecule has 0 aromatic carbocycles. The Labute approximate surface area is 127 Å². The number of rotatable bonds is 7. The molecule has 0 saturated carbocycles. The lowest BCUT2D eigenvalue weighted by Gasteiger charge is -2.09. The quantitative estimate of drug-likeness (QED) is 0.722. The van der Waals surface area contributed by atoms with E-state index in [0.29, 0.717) is 17.3 Å². The first-order valence-electron chi connectivity index (χ1n) is 6.61. The molecule has 0 saturated heterocycles. The largest absolute Gasteiger partial charge is 0.469 e. The first-order chi connectivity index (χ1) is 9.44. The number of ether oxygens (including phenoxy) is 1. The molecule has 2 unspecified atom stereocenters. The second-order valence-corrected chi connectivity index (χ2v) is 6.43. The van der Waals surface area contributed by atoms with Gasteiger partial charge < -0.3 is 4.74 Å². The average Bonchev–Trinajstić information content (AvgIpc) is 2.74. The molecule has 1 aromatic rings. The van der Waals surface area contributed by atoms with Crippen molar-refractivity contribution in [1.82, 2.24) is 9.78 Å². The summed E-state index contributed by atoms with van der Waals surface area (Å²) in [5, 5.41) is 4.98. The van der Waals surface area contributed by atoms with Crippen molar-refractivity contribution in [1.29, 1.82) is 0 Å². The predicted molar refractivity (Wildman–Crippen MR) is 80.2 cm³/mol. The normalized spacial score (nSPS) is 14.1. The van der Waals surface area contributed by atoms with E-state index in [4.69, 9.17) is 11.6 Å². The van der Waals surface area contributed by atoms with Gasteiger partial charge in [-0.25, -0.2) is 0 Å². The molecule has 0 N–H and O–H groups in total. The highest BCUT2D eigenvalue weighted by molar-refractivity contribution is 7.84. The highest BCUT2D eigenvalue weighted by atomic mass is 35.5. The van der Waals surface area contributed by atoms with Crippen LogP contribution in [-0.2, 0) is 39.0 Å². The maximum Gasteiger partial charge on any atom is 0.309 e. The number of nitrogens with zero attached hydrogens (tertiary/aromatic N) is 2. The molecule has 0 fully saturated rings. The maximum absolute atomic E-state index is 12.2. The van der Waals surface area contributed by atoms with Crippen LogP contribution in [0.1, 0.15) is 32.2 Å². The Kier molecular flexibility index (Phi) is 6.68. The van der Waals surface area contributed by atoms with Gasteiger partial charge in [0.25, 0.3) is 0 Å². The van der Waals surface area contributed by atoms with Gasteiger partial charge in [-0.15, -0.1) is 0 Å². The Hall–Kier alpha value is -0.880. The molecule has 0 aliphatic rings. The third-order valence-electron chi connectivity index (χ3n) is 3.03. The van der Waals surface area contributed by atoms with Crippen LogP contribution in [0.2, 0.25) is 5.02 Å². The van der Waals surface area contributed by atoms with Crippen LogP contribution in [0.4, 0.5) is 0 Å². The third kappa shape index (κ3) is 4.06. The Morgan fingerprint density at radius 1 is 1.50 bits per heavy atom. The molecule has 1 aromatic heterocycles. The zero-order valence-electron chi connectivity index (χ0n) is 12.3. The number of carbonyl (C=O) groups excluding carboxylic acids is 1. The van der Waals surface area contributed by atoms with Gasteiger partial charge in [-0.05, 0) is 13.3 Å². The van der Waals surface area contributed by atoms with Crippen LogP contribution in [0.25, 0.3) is 0 Å². The zero-order valence-corrected chi connectivity index (χ0v) is 13.9. The fourth-order valence-corrected chi connectivity index (χ4v) is 3.74. The number of aryl methyl sites for hydroxylation is 2. The van der Waals surface area contributed by atoms with Crippen molar-refractivity contribution < 1.29 is 13.7 Å². The van der Waals surface area contributed by atoms with Gasteiger partial charge in [-0.2, -0.15) is 5.10 Å². The van der Waals surface area contributed by atoms with E-state index in [1.54, 1.807) is 11.6 Å². The lowest BCUT2D eigenvalue weighted by Crippen LogP contribution is -2.20. The van der Waals surface area contributed by atoms with E-state index >= 15 is 0 Å².